The molecular weight excluding hydrogens is 306 g/mol. The van der Waals surface area contributed by atoms with Gasteiger partial charge in [0, 0.05) is 6.20 Å². The van der Waals surface area contributed by atoms with E-state index in [0.29, 0.717) is 18.6 Å². The molecule has 0 spiro atoms. The second-order valence-electron chi connectivity index (χ2n) is 6.25. The average Bonchev–Trinajstić information content (AvgIpc) is 2.98. The van der Waals surface area contributed by atoms with E-state index in [4.69, 9.17) is 9.47 Å². The maximum absolute atomic E-state index is 5.73. The third kappa shape index (κ3) is 8.14. The van der Waals surface area contributed by atoms with Crippen molar-refractivity contribution in [2.24, 2.45) is 5.92 Å². The summed E-state index contributed by atoms with van der Waals surface area (Å²) in [5.74, 6) is 1.63. The zero-order valence-electron chi connectivity index (χ0n) is 15.1. The van der Waals surface area contributed by atoms with E-state index in [0.717, 1.165) is 12.4 Å². The topological polar surface area (TPSA) is 31.4 Å². The molecule has 0 unspecified atom stereocenters. The minimum Gasteiger partial charge on any atom is -0.493 e. The molecule has 0 aliphatic heterocycles. The monoisotopic (exact) mass is 335 g/mol. The van der Waals surface area contributed by atoms with Crippen molar-refractivity contribution < 1.29 is 9.47 Å². The number of benzene rings is 1. The lowest BCUT2D eigenvalue weighted by Gasteiger charge is -2.13. The molecule has 3 nitrogen and oxygen atoms in total. The Labute approximate surface area is 144 Å². The largest absolute Gasteiger partial charge is 0.493 e. The molecule has 0 saturated heterocycles. The Morgan fingerprint density at radius 1 is 1.09 bits per heavy atom. The van der Waals surface area contributed by atoms with Crippen molar-refractivity contribution in [2.45, 2.75) is 54.3 Å². The first-order valence-corrected chi connectivity index (χ1v) is 8.96. The zero-order valence-corrected chi connectivity index (χ0v) is 15.9. The number of hydrogen-bond donors (Lipinski definition) is 0. The van der Waals surface area contributed by atoms with Crippen molar-refractivity contribution in [2.75, 3.05) is 6.61 Å². The molecule has 0 bridgehead atoms. The van der Waals surface area contributed by atoms with E-state index >= 15 is 0 Å². The van der Waals surface area contributed by atoms with Crippen LogP contribution in [-0.4, -0.2) is 17.7 Å². The summed E-state index contributed by atoms with van der Waals surface area (Å²) in [6.07, 6.45) is 2.15. The van der Waals surface area contributed by atoms with Crippen LogP contribution in [0, 0.1) is 19.8 Å². The first-order valence-electron chi connectivity index (χ1n) is 8.08. The van der Waals surface area contributed by atoms with Gasteiger partial charge < -0.3 is 9.47 Å². The summed E-state index contributed by atoms with van der Waals surface area (Å²) < 4.78 is 11.1. The van der Waals surface area contributed by atoms with E-state index in [1.54, 1.807) is 11.3 Å². The number of rotatable bonds is 6. The average molecular weight is 336 g/mol. The second-order valence-corrected chi connectivity index (χ2v) is 7.22. The molecule has 4 heteroatoms. The molecular formula is C19H29NO2S. The van der Waals surface area contributed by atoms with Gasteiger partial charge in [0.1, 0.15) is 5.75 Å². The van der Waals surface area contributed by atoms with E-state index in [-0.39, 0.29) is 0 Å². The van der Waals surface area contributed by atoms with Crippen LogP contribution in [0.25, 0.3) is 0 Å². The van der Waals surface area contributed by atoms with Crippen LogP contribution in [0.2, 0.25) is 0 Å². The van der Waals surface area contributed by atoms with Crippen molar-refractivity contribution in [3.05, 3.63) is 45.9 Å². The first-order chi connectivity index (χ1) is 10.9. The van der Waals surface area contributed by atoms with Crippen molar-refractivity contribution >= 4 is 11.3 Å². The Balaban J connectivity index is 0.000000238. The molecule has 128 valence electrons. The van der Waals surface area contributed by atoms with Gasteiger partial charge in [0.05, 0.1) is 29.7 Å². The molecule has 0 atom stereocenters. The molecule has 23 heavy (non-hydrogen) atoms. The molecule has 0 radical (unpaired) electrons. The number of nitrogens with zero attached hydrogens (tertiary/aromatic N) is 1. The minimum atomic E-state index is 0.307. The fraction of sp³-hybridized carbons (Fsp3) is 0.526. The van der Waals surface area contributed by atoms with Gasteiger partial charge in [0.15, 0.2) is 0 Å². The molecule has 2 aromatic rings. The quantitative estimate of drug-likeness (QED) is 0.707. The number of hydrogen-bond acceptors (Lipinski definition) is 4. The highest BCUT2D eigenvalue weighted by atomic mass is 32.1. The lowest BCUT2D eigenvalue weighted by Crippen LogP contribution is -2.06. The number of para-hydroxylation sites is 1. The van der Waals surface area contributed by atoms with Gasteiger partial charge in [-0.3, -0.25) is 4.98 Å². The van der Waals surface area contributed by atoms with Gasteiger partial charge in [0.2, 0.25) is 0 Å². The van der Waals surface area contributed by atoms with Crippen molar-refractivity contribution in [1.82, 2.24) is 4.98 Å². The lowest BCUT2D eigenvalue weighted by atomic mass is 10.1. The number of aromatic nitrogens is 1. The van der Waals surface area contributed by atoms with Crippen LogP contribution in [0.4, 0.5) is 0 Å². The molecule has 0 aliphatic rings. The van der Waals surface area contributed by atoms with Crippen LogP contribution < -0.4 is 4.74 Å². The Morgan fingerprint density at radius 3 is 2.22 bits per heavy atom. The third-order valence-electron chi connectivity index (χ3n) is 3.01. The highest BCUT2D eigenvalue weighted by Gasteiger charge is 2.03. The van der Waals surface area contributed by atoms with Gasteiger partial charge in [-0.05, 0) is 44.7 Å². The Bertz CT molecular complexity index is 530. The smallest absolute Gasteiger partial charge is 0.125 e. The van der Waals surface area contributed by atoms with Crippen LogP contribution >= 0.6 is 11.3 Å². The number of thiazole rings is 1. The summed E-state index contributed by atoms with van der Waals surface area (Å²) in [6.45, 7) is 14.0. The molecule has 0 saturated carbocycles. The fourth-order valence-electron chi connectivity index (χ4n) is 1.84. The Kier molecular flexibility index (Phi) is 8.89. The van der Waals surface area contributed by atoms with Gasteiger partial charge in [-0.2, -0.15) is 0 Å². The van der Waals surface area contributed by atoms with Crippen molar-refractivity contribution in [1.29, 1.82) is 0 Å². The summed E-state index contributed by atoms with van der Waals surface area (Å²) in [7, 11) is 0. The van der Waals surface area contributed by atoms with Crippen LogP contribution in [0.15, 0.2) is 29.9 Å². The van der Waals surface area contributed by atoms with Crippen LogP contribution in [0.1, 0.15) is 43.7 Å². The molecule has 0 N–H and O–H groups in total. The summed E-state index contributed by atoms with van der Waals surface area (Å²) in [6, 6.07) is 6.23. The summed E-state index contributed by atoms with van der Waals surface area (Å²) in [5, 5.41) is 0. The highest BCUT2D eigenvalue weighted by Crippen LogP contribution is 2.22. The van der Waals surface area contributed by atoms with Gasteiger partial charge >= 0.3 is 0 Å². The Morgan fingerprint density at radius 2 is 1.74 bits per heavy atom. The summed E-state index contributed by atoms with van der Waals surface area (Å²) in [4.78, 5) is 5.13. The van der Waals surface area contributed by atoms with Crippen molar-refractivity contribution in [3.63, 3.8) is 0 Å². The third-order valence-corrected chi connectivity index (χ3v) is 3.77. The maximum atomic E-state index is 5.73. The van der Waals surface area contributed by atoms with Crippen molar-refractivity contribution in [3.8, 4) is 5.75 Å². The van der Waals surface area contributed by atoms with Crippen LogP contribution in [0.5, 0.6) is 5.75 Å². The normalized spacial score (nSPS) is 10.6. The van der Waals surface area contributed by atoms with Crippen LogP contribution in [0.3, 0.4) is 0 Å². The van der Waals surface area contributed by atoms with E-state index < -0.39 is 0 Å². The first kappa shape index (κ1) is 19.7. The Hall–Kier alpha value is -1.39. The van der Waals surface area contributed by atoms with Gasteiger partial charge in [-0.25, -0.2) is 0 Å². The van der Waals surface area contributed by atoms with E-state index in [1.807, 2.05) is 25.6 Å². The zero-order chi connectivity index (χ0) is 17.2. The van der Waals surface area contributed by atoms with Gasteiger partial charge in [-0.15, -0.1) is 11.3 Å². The predicted molar refractivity (Wildman–Crippen MR) is 98.3 cm³/mol. The lowest BCUT2D eigenvalue weighted by molar-refractivity contribution is 0.0673. The molecule has 2 rings (SSSR count). The highest BCUT2D eigenvalue weighted by molar-refractivity contribution is 7.09. The maximum Gasteiger partial charge on any atom is 0.125 e. The molecule has 0 amide bonds. The second kappa shape index (κ2) is 10.4. The predicted octanol–water partition coefficient (Wildman–Crippen LogP) is 5.41. The minimum absolute atomic E-state index is 0.307. The van der Waals surface area contributed by atoms with E-state index in [2.05, 4.69) is 50.9 Å². The summed E-state index contributed by atoms with van der Waals surface area (Å²) >= 11 is 1.63. The van der Waals surface area contributed by atoms with Gasteiger partial charge in [0.25, 0.3) is 0 Å². The van der Waals surface area contributed by atoms with Gasteiger partial charge in [-0.1, -0.05) is 32.0 Å². The molecule has 0 aliphatic carbocycles. The molecule has 0 fully saturated rings. The fourth-order valence-corrected chi connectivity index (χ4v) is 2.35. The number of aryl methyl sites for hydroxylation is 2. The molecule has 1 heterocycles. The molecule has 1 aromatic heterocycles. The van der Waals surface area contributed by atoms with Crippen LogP contribution in [-0.2, 0) is 11.3 Å². The SMILES string of the molecule is CC(C)OCc1cncs1.Cc1cccc(C)c1OCC(C)C. The van der Waals surface area contributed by atoms with E-state index in [1.165, 1.54) is 16.0 Å². The van der Waals surface area contributed by atoms with E-state index in [9.17, 15) is 0 Å². The standard InChI is InChI=1S/C12H18O.C7H11NOS/c1-9(2)8-13-12-10(3)6-5-7-11(12)4;1-6(2)9-4-7-3-8-5-10-7/h5-7,9H,8H2,1-4H3;3,5-6H,4H2,1-2H3. The molecule has 1 aromatic carbocycles. The summed E-state index contributed by atoms with van der Waals surface area (Å²) in [5.41, 5.74) is 4.26. The number of ether oxygens (including phenoxy) is 2.